The van der Waals surface area contributed by atoms with Crippen molar-refractivity contribution in [1.29, 1.82) is 0 Å². The number of piperidine rings is 1. The van der Waals surface area contributed by atoms with Crippen LogP contribution in [0.1, 0.15) is 30.7 Å². The molecule has 8 nitrogen and oxygen atoms in total. The number of hydrogen-bond acceptors (Lipinski definition) is 6. The van der Waals surface area contributed by atoms with E-state index in [-0.39, 0.29) is 12.4 Å². The van der Waals surface area contributed by atoms with E-state index in [9.17, 15) is 8.42 Å². The van der Waals surface area contributed by atoms with Crippen LogP contribution < -0.4 is 5.32 Å². The second-order valence-corrected chi connectivity index (χ2v) is 11.3. The molecule has 0 atom stereocenters. The average molecular weight is 549 g/mol. The minimum atomic E-state index is -3.57. The summed E-state index contributed by atoms with van der Waals surface area (Å²) in [4.78, 5) is 8.28. The number of halogens is 1. The number of nitrogens with one attached hydrogen (secondary N) is 2. The third kappa shape index (κ3) is 4.84. The lowest BCUT2D eigenvalue weighted by atomic mass is 10.0. The highest BCUT2D eigenvalue weighted by Crippen LogP contribution is 2.33. The second kappa shape index (κ2) is 10.7. The van der Waals surface area contributed by atoms with Gasteiger partial charge in [0.1, 0.15) is 11.5 Å². The number of hydrogen-bond donors (Lipinski definition) is 2. The van der Waals surface area contributed by atoms with Crippen LogP contribution >= 0.6 is 12.4 Å². The topological polar surface area (TPSA) is 104 Å². The number of anilines is 1. The zero-order valence-electron chi connectivity index (χ0n) is 21.0. The van der Waals surface area contributed by atoms with Gasteiger partial charge in [-0.05, 0) is 43.5 Å². The molecule has 10 heteroatoms. The van der Waals surface area contributed by atoms with Gasteiger partial charge < -0.3 is 10.3 Å². The summed E-state index contributed by atoms with van der Waals surface area (Å²) in [6.07, 6.45) is 2.87. The molecular weight excluding hydrogens is 520 g/mol. The number of imidazole rings is 1. The van der Waals surface area contributed by atoms with E-state index in [1.165, 1.54) is 0 Å². The van der Waals surface area contributed by atoms with Gasteiger partial charge in [-0.25, -0.2) is 13.4 Å². The third-order valence-corrected chi connectivity index (χ3v) is 8.98. The summed E-state index contributed by atoms with van der Waals surface area (Å²) in [5.41, 5.74) is 4.02. The van der Waals surface area contributed by atoms with Crippen molar-refractivity contribution in [2.24, 2.45) is 0 Å². The molecular formula is C28H29ClN6O2S. The molecule has 0 amide bonds. The molecule has 3 heterocycles. The van der Waals surface area contributed by atoms with Gasteiger partial charge in [0.2, 0.25) is 10.0 Å². The van der Waals surface area contributed by atoms with Gasteiger partial charge in [-0.2, -0.15) is 4.31 Å². The Bertz CT molecular complexity index is 1680. The zero-order valence-corrected chi connectivity index (χ0v) is 22.6. The lowest BCUT2D eigenvalue weighted by molar-refractivity contribution is 0.346. The zero-order chi connectivity index (χ0) is 25.4. The maximum atomic E-state index is 13.5. The molecule has 0 radical (unpaired) electrons. The Morgan fingerprint density at radius 3 is 2.45 bits per heavy atom. The minimum absolute atomic E-state index is 0. The Kier molecular flexibility index (Phi) is 7.34. The fraction of sp³-hybridized carbons (Fsp3) is 0.250. The molecule has 6 rings (SSSR count). The van der Waals surface area contributed by atoms with Crippen LogP contribution in [0.4, 0.5) is 5.82 Å². The van der Waals surface area contributed by atoms with Crippen molar-refractivity contribution in [2.45, 2.75) is 37.6 Å². The Morgan fingerprint density at radius 2 is 1.66 bits per heavy atom. The number of benzene rings is 3. The number of aryl methyl sites for hydroxylation is 1. The number of nitrogens with zero attached hydrogens (tertiary/aromatic N) is 4. The molecule has 38 heavy (non-hydrogen) atoms. The van der Waals surface area contributed by atoms with E-state index in [4.69, 9.17) is 0 Å². The van der Waals surface area contributed by atoms with Crippen LogP contribution in [-0.2, 0) is 16.6 Å². The Morgan fingerprint density at radius 1 is 0.921 bits per heavy atom. The fourth-order valence-electron chi connectivity index (χ4n) is 4.97. The van der Waals surface area contributed by atoms with Crippen LogP contribution in [0.2, 0.25) is 0 Å². The predicted octanol–water partition coefficient (Wildman–Crippen LogP) is 5.69. The molecule has 0 bridgehead atoms. The van der Waals surface area contributed by atoms with Gasteiger partial charge in [0.25, 0.3) is 0 Å². The summed E-state index contributed by atoms with van der Waals surface area (Å²) in [6.45, 7) is 3.45. The van der Waals surface area contributed by atoms with E-state index in [1.54, 1.807) is 10.4 Å². The second-order valence-electron chi connectivity index (χ2n) is 9.44. The molecule has 0 aliphatic carbocycles. The van der Waals surface area contributed by atoms with Gasteiger partial charge in [0.05, 0.1) is 22.5 Å². The maximum absolute atomic E-state index is 13.5. The van der Waals surface area contributed by atoms with Crippen molar-refractivity contribution in [3.05, 3.63) is 78.1 Å². The molecule has 0 unspecified atom stereocenters. The van der Waals surface area contributed by atoms with Crippen molar-refractivity contribution in [1.82, 2.24) is 24.5 Å². The lowest BCUT2D eigenvalue weighted by Crippen LogP contribution is -2.35. The maximum Gasteiger partial charge on any atom is 0.243 e. The summed E-state index contributed by atoms with van der Waals surface area (Å²) in [5, 5.41) is 14.2. The molecule has 0 saturated carbocycles. The van der Waals surface area contributed by atoms with Crippen LogP contribution in [0.5, 0.6) is 0 Å². The van der Waals surface area contributed by atoms with Gasteiger partial charge in [-0.15, -0.1) is 22.6 Å². The largest absolute Gasteiger partial charge is 0.361 e. The highest BCUT2D eigenvalue weighted by atomic mass is 35.5. The van der Waals surface area contributed by atoms with E-state index in [0.717, 1.165) is 58.0 Å². The number of aromatic nitrogens is 4. The van der Waals surface area contributed by atoms with E-state index >= 15 is 0 Å². The predicted molar refractivity (Wildman–Crippen MR) is 153 cm³/mol. The number of H-pyrrole nitrogens is 1. The smallest absolute Gasteiger partial charge is 0.243 e. The van der Waals surface area contributed by atoms with Crippen molar-refractivity contribution >= 4 is 50.1 Å². The normalized spacial score (nSPS) is 14.4. The van der Waals surface area contributed by atoms with E-state index in [1.807, 2.05) is 67.6 Å². The molecule has 196 valence electrons. The molecule has 1 fully saturated rings. The van der Waals surface area contributed by atoms with Crippen LogP contribution in [0.25, 0.3) is 33.1 Å². The number of rotatable bonds is 6. The number of sulfonamides is 1. The van der Waals surface area contributed by atoms with Crippen LogP contribution in [0.15, 0.2) is 71.6 Å². The van der Waals surface area contributed by atoms with E-state index in [0.29, 0.717) is 36.0 Å². The lowest BCUT2D eigenvalue weighted by Gasteiger charge is -2.26. The van der Waals surface area contributed by atoms with E-state index < -0.39 is 10.0 Å². The first-order chi connectivity index (χ1) is 18.0. The average Bonchev–Trinajstić information content (AvgIpc) is 3.35. The van der Waals surface area contributed by atoms with Gasteiger partial charge in [0.15, 0.2) is 5.82 Å². The van der Waals surface area contributed by atoms with Crippen LogP contribution in [0.3, 0.4) is 0 Å². The van der Waals surface area contributed by atoms with Crippen molar-refractivity contribution < 1.29 is 8.42 Å². The third-order valence-electron chi connectivity index (χ3n) is 6.94. The number of fused-ring (bicyclic) bond motifs is 2. The van der Waals surface area contributed by atoms with Gasteiger partial charge in [0, 0.05) is 29.4 Å². The molecule has 0 spiro atoms. The van der Waals surface area contributed by atoms with Crippen molar-refractivity contribution in [2.75, 3.05) is 18.4 Å². The summed E-state index contributed by atoms with van der Waals surface area (Å²) in [7, 11) is -3.57. The number of aromatic amines is 1. The summed E-state index contributed by atoms with van der Waals surface area (Å²) < 4.78 is 28.5. The van der Waals surface area contributed by atoms with Crippen LogP contribution in [-0.4, -0.2) is 46.0 Å². The Balaban J connectivity index is 0.00000294. The molecule has 1 aliphatic heterocycles. The standard InChI is InChI=1S/C28H28N6O2S.ClH/c1-19-13-14-20(17-25(19)37(35,36)34-15-7-2-8-16-34)27-21-9-3-4-10-22(21)28(33-32-27)29-18-26-30-23-11-5-6-12-24(23)31-26;/h3-6,9-14,17H,2,7-8,15-16,18H2,1H3,(H,29,33)(H,30,31);1H. The molecule has 2 aromatic heterocycles. The highest BCUT2D eigenvalue weighted by Gasteiger charge is 2.28. The fourth-order valence-corrected chi connectivity index (χ4v) is 6.74. The quantitative estimate of drug-likeness (QED) is 0.282. The monoisotopic (exact) mass is 548 g/mol. The van der Waals surface area contributed by atoms with Gasteiger partial charge in [-0.1, -0.05) is 55.0 Å². The molecule has 3 aromatic carbocycles. The molecule has 1 saturated heterocycles. The first kappa shape index (κ1) is 26.1. The first-order valence-electron chi connectivity index (χ1n) is 12.5. The Labute approximate surface area is 228 Å². The van der Waals surface area contributed by atoms with Crippen LogP contribution in [0, 0.1) is 6.92 Å². The Hall–Kier alpha value is -3.53. The minimum Gasteiger partial charge on any atom is -0.361 e. The summed E-state index contributed by atoms with van der Waals surface area (Å²) in [6, 6.07) is 21.3. The number of para-hydroxylation sites is 2. The molecule has 1 aliphatic rings. The summed E-state index contributed by atoms with van der Waals surface area (Å²) >= 11 is 0. The first-order valence-corrected chi connectivity index (χ1v) is 14.0. The van der Waals surface area contributed by atoms with Crippen molar-refractivity contribution in [3.8, 4) is 11.3 Å². The molecule has 5 aromatic rings. The van der Waals surface area contributed by atoms with Gasteiger partial charge in [-0.3, -0.25) is 0 Å². The SMILES string of the molecule is Cc1ccc(-c2nnc(NCc3nc4ccccc4[nH]3)c3ccccc23)cc1S(=O)(=O)N1CCCCC1.Cl. The van der Waals surface area contributed by atoms with Crippen molar-refractivity contribution in [3.63, 3.8) is 0 Å². The molecule has 2 N–H and O–H groups in total. The summed E-state index contributed by atoms with van der Waals surface area (Å²) in [5.74, 6) is 1.45. The highest BCUT2D eigenvalue weighted by molar-refractivity contribution is 7.89. The van der Waals surface area contributed by atoms with Gasteiger partial charge >= 0.3 is 0 Å². The van der Waals surface area contributed by atoms with E-state index in [2.05, 4.69) is 25.5 Å².